The molecule has 4 aromatic carbocycles. The Morgan fingerprint density at radius 3 is 2.23 bits per heavy atom. The second-order valence-corrected chi connectivity index (χ2v) is 20.4. The standard InChI is InChI=1S/C43H50N4O5Si/c1-30-39(53(3,4)35-18-16-34(51-2)17-19-35)38(21-26-48)52-43(30)36-27-33(15-20-37(36)45(41(43)50)28-31-11-7-5-8-12-31)46-29-47(32-13-9-6-10-14-32)42(40(46)49)22-24-44-25-23-42/h5-20,27,30,38-39,44,48H,21-26,28-29H2,1-4H3/t30-,38+,39-,43+/m0/s1. The number of nitrogens with zero attached hydrogens (tertiary/aromatic N) is 3. The Labute approximate surface area is 313 Å². The van der Waals surface area contributed by atoms with E-state index in [9.17, 15) is 9.90 Å². The Morgan fingerprint density at radius 1 is 0.887 bits per heavy atom. The number of amides is 2. The van der Waals surface area contributed by atoms with Gasteiger partial charge in [0.2, 0.25) is 0 Å². The molecule has 3 fully saturated rings. The minimum Gasteiger partial charge on any atom is -0.497 e. The number of fused-ring (bicyclic) bond motifs is 2. The molecule has 4 aromatic rings. The molecule has 0 aliphatic carbocycles. The third-order valence-corrected chi connectivity index (χ3v) is 17.0. The van der Waals surface area contributed by atoms with E-state index in [1.165, 1.54) is 5.19 Å². The Morgan fingerprint density at radius 2 is 1.57 bits per heavy atom. The summed E-state index contributed by atoms with van der Waals surface area (Å²) in [7, 11) is -0.677. The number of ether oxygens (including phenoxy) is 2. The molecule has 8 rings (SSSR count). The number of benzene rings is 4. The number of carbonyl (C=O) groups is 2. The highest BCUT2D eigenvalue weighted by Crippen LogP contribution is 2.60. The first-order valence-corrected chi connectivity index (χ1v) is 22.0. The second-order valence-electron chi connectivity index (χ2n) is 15.7. The van der Waals surface area contributed by atoms with E-state index in [0.717, 1.165) is 47.0 Å². The van der Waals surface area contributed by atoms with Crippen molar-refractivity contribution in [3.05, 3.63) is 114 Å². The third-order valence-electron chi connectivity index (χ3n) is 12.7. The molecule has 0 unspecified atom stereocenters. The van der Waals surface area contributed by atoms with Gasteiger partial charge in [0, 0.05) is 29.5 Å². The normalized spacial score (nSPS) is 25.2. The molecule has 276 valence electrons. The van der Waals surface area contributed by atoms with Crippen molar-refractivity contribution >= 4 is 42.1 Å². The molecule has 0 radical (unpaired) electrons. The summed E-state index contributed by atoms with van der Waals surface area (Å²) >= 11 is 0. The number of para-hydroxylation sites is 1. The summed E-state index contributed by atoms with van der Waals surface area (Å²) in [6.07, 6.45) is 1.52. The SMILES string of the molecule is COc1ccc([Si](C)(C)[C@@H]2[C@@H](CCO)O[C@]3(C(=O)N(Cc4ccccc4)c4ccc(N5CN(c6ccccc6)C6(CCNCC6)C5=O)cc43)[C@H]2C)cc1. The van der Waals surface area contributed by atoms with Crippen molar-refractivity contribution in [2.24, 2.45) is 5.92 Å². The zero-order chi connectivity index (χ0) is 37.0. The molecule has 0 aromatic heterocycles. The number of anilines is 3. The Hall–Kier alpha value is -4.48. The molecular formula is C43H50N4O5Si. The van der Waals surface area contributed by atoms with Crippen molar-refractivity contribution in [1.82, 2.24) is 5.32 Å². The highest BCUT2D eigenvalue weighted by atomic mass is 28.3. The van der Waals surface area contributed by atoms with Gasteiger partial charge < -0.3 is 29.7 Å². The number of piperidine rings is 1. The van der Waals surface area contributed by atoms with Crippen molar-refractivity contribution in [1.29, 1.82) is 0 Å². The number of rotatable bonds is 9. The molecule has 2 N–H and O–H groups in total. The zero-order valence-corrected chi connectivity index (χ0v) is 32.1. The number of aliphatic hydroxyl groups is 1. The monoisotopic (exact) mass is 730 g/mol. The maximum atomic E-state index is 15.3. The third kappa shape index (κ3) is 5.61. The quantitative estimate of drug-likeness (QED) is 0.211. The molecular weight excluding hydrogens is 681 g/mol. The number of aliphatic hydroxyl groups excluding tert-OH is 1. The van der Waals surface area contributed by atoms with Gasteiger partial charge in [-0.05, 0) is 85.9 Å². The van der Waals surface area contributed by atoms with Gasteiger partial charge in [0.05, 0.1) is 40.2 Å². The van der Waals surface area contributed by atoms with Crippen LogP contribution in [-0.4, -0.2) is 70.1 Å². The first kappa shape index (κ1) is 35.5. The summed E-state index contributed by atoms with van der Waals surface area (Å²) in [6, 6.07) is 34.7. The summed E-state index contributed by atoms with van der Waals surface area (Å²) in [5.74, 6) is 0.595. The minimum absolute atomic E-state index is 0.0141. The Kier molecular flexibility index (Phi) is 9.21. The predicted octanol–water partition coefficient (Wildman–Crippen LogP) is 5.77. The summed E-state index contributed by atoms with van der Waals surface area (Å²) in [5, 5.41) is 15.1. The van der Waals surface area contributed by atoms with Crippen LogP contribution in [0, 0.1) is 5.92 Å². The maximum absolute atomic E-state index is 15.3. The summed E-state index contributed by atoms with van der Waals surface area (Å²) in [6.45, 7) is 9.18. The average Bonchev–Trinajstić information content (AvgIpc) is 3.73. The van der Waals surface area contributed by atoms with Crippen LogP contribution in [0.25, 0.3) is 0 Å². The minimum atomic E-state index is -2.35. The van der Waals surface area contributed by atoms with Gasteiger partial charge in [-0.3, -0.25) is 14.5 Å². The first-order valence-electron chi connectivity index (χ1n) is 18.9. The van der Waals surface area contributed by atoms with E-state index in [2.05, 4.69) is 60.6 Å². The average molecular weight is 731 g/mol. The molecule has 4 aliphatic rings. The van der Waals surface area contributed by atoms with Crippen molar-refractivity contribution in [2.75, 3.05) is 48.2 Å². The summed E-state index contributed by atoms with van der Waals surface area (Å²) in [4.78, 5) is 36.1. The van der Waals surface area contributed by atoms with Gasteiger partial charge in [0.25, 0.3) is 11.8 Å². The fraction of sp³-hybridized carbons (Fsp3) is 0.395. The lowest BCUT2D eigenvalue weighted by molar-refractivity contribution is -0.146. The van der Waals surface area contributed by atoms with E-state index in [4.69, 9.17) is 9.47 Å². The molecule has 53 heavy (non-hydrogen) atoms. The predicted molar refractivity (Wildman–Crippen MR) is 211 cm³/mol. The van der Waals surface area contributed by atoms with Gasteiger partial charge in [-0.2, -0.15) is 0 Å². The van der Waals surface area contributed by atoms with Crippen LogP contribution in [0.3, 0.4) is 0 Å². The number of carbonyl (C=O) groups excluding carboxylic acids is 2. The first-order chi connectivity index (χ1) is 25.7. The molecule has 4 atom stereocenters. The van der Waals surface area contributed by atoms with Gasteiger partial charge >= 0.3 is 0 Å². The summed E-state index contributed by atoms with van der Waals surface area (Å²) in [5.41, 5.74) is 2.51. The van der Waals surface area contributed by atoms with E-state index >= 15 is 4.79 Å². The molecule has 4 aliphatic heterocycles. The molecule has 3 saturated heterocycles. The Bertz CT molecular complexity index is 1970. The lowest BCUT2D eigenvalue weighted by atomic mass is 9.82. The number of methoxy groups -OCH3 is 1. The van der Waals surface area contributed by atoms with Crippen LogP contribution in [-0.2, 0) is 26.5 Å². The van der Waals surface area contributed by atoms with Crippen LogP contribution >= 0.6 is 0 Å². The van der Waals surface area contributed by atoms with Gasteiger partial charge in [-0.1, -0.05) is 85.9 Å². The second kappa shape index (κ2) is 13.7. The summed E-state index contributed by atoms with van der Waals surface area (Å²) < 4.78 is 12.7. The van der Waals surface area contributed by atoms with Gasteiger partial charge in [-0.25, -0.2) is 0 Å². The topological polar surface area (TPSA) is 94.6 Å². The number of hydrogen-bond acceptors (Lipinski definition) is 7. The smallest absolute Gasteiger partial charge is 0.264 e. The van der Waals surface area contributed by atoms with E-state index in [1.807, 2.05) is 82.6 Å². The van der Waals surface area contributed by atoms with Crippen molar-refractivity contribution in [2.45, 2.75) is 68.6 Å². The van der Waals surface area contributed by atoms with Crippen LogP contribution in [0.4, 0.5) is 17.1 Å². The van der Waals surface area contributed by atoms with Gasteiger partial charge in [0.15, 0.2) is 5.60 Å². The molecule has 0 bridgehead atoms. The zero-order valence-electron chi connectivity index (χ0n) is 31.1. The molecule has 4 heterocycles. The Balaban J connectivity index is 1.24. The van der Waals surface area contributed by atoms with E-state index < -0.39 is 19.2 Å². The molecule has 2 amide bonds. The highest BCUT2D eigenvalue weighted by Gasteiger charge is 2.66. The van der Waals surface area contributed by atoms with Crippen LogP contribution in [0.1, 0.15) is 37.3 Å². The largest absolute Gasteiger partial charge is 0.497 e. The van der Waals surface area contributed by atoms with E-state index in [-0.39, 0.29) is 36.0 Å². The lowest BCUT2D eigenvalue weighted by Crippen LogP contribution is -2.55. The van der Waals surface area contributed by atoms with Crippen molar-refractivity contribution in [3.8, 4) is 5.75 Å². The molecule has 0 saturated carbocycles. The van der Waals surface area contributed by atoms with E-state index in [1.54, 1.807) is 7.11 Å². The van der Waals surface area contributed by atoms with Crippen molar-refractivity contribution < 1.29 is 24.2 Å². The number of nitrogens with one attached hydrogen (secondary N) is 1. The molecule has 9 nitrogen and oxygen atoms in total. The highest BCUT2D eigenvalue weighted by molar-refractivity contribution is 6.91. The fourth-order valence-corrected chi connectivity index (χ4v) is 14.0. The number of hydrogen-bond donors (Lipinski definition) is 2. The maximum Gasteiger partial charge on any atom is 0.264 e. The molecule has 10 heteroatoms. The van der Waals surface area contributed by atoms with Gasteiger partial charge in [0.1, 0.15) is 11.3 Å². The van der Waals surface area contributed by atoms with Gasteiger partial charge in [-0.15, -0.1) is 0 Å². The lowest BCUT2D eigenvalue weighted by Gasteiger charge is -2.39. The van der Waals surface area contributed by atoms with Crippen LogP contribution in [0.2, 0.25) is 18.6 Å². The van der Waals surface area contributed by atoms with E-state index in [0.29, 0.717) is 32.5 Å². The van der Waals surface area contributed by atoms with Crippen molar-refractivity contribution in [3.63, 3.8) is 0 Å². The van der Waals surface area contributed by atoms with Crippen LogP contribution in [0.5, 0.6) is 5.75 Å². The van der Waals surface area contributed by atoms with Crippen LogP contribution < -0.4 is 29.9 Å². The fourth-order valence-electron chi connectivity index (χ4n) is 9.96. The van der Waals surface area contributed by atoms with Crippen LogP contribution in [0.15, 0.2) is 103 Å². The molecule has 2 spiro atoms.